The van der Waals surface area contributed by atoms with Gasteiger partial charge >= 0.3 is 6.36 Å². The highest BCUT2D eigenvalue weighted by atomic mass is 19.4. The minimum atomic E-state index is -5.27. The molecule has 4 rings (SSSR count). The Bertz CT molecular complexity index is 1340. The topological polar surface area (TPSA) is 9.23 Å². The number of fused-ring (bicyclic) bond motifs is 1. The molecule has 0 unspecified atom stereocenters. The van der Waals surface area contributed by atoms with Crippen molar-refractivity contribution in [3.8, 4) is 17.6 Å². The quantitative estimate of drug-likeness (QED) is 0.173. The van der Waals surface area contributed by atoms with Gasteiger partial charge in [-0.1, -0.05) is 50.5 Å². The molecular weight excluding hydrogens is 509 g/mol. The third-order valence-electron chi connectivity index (χ3n) is 7.13. The maximum atomic E-state index is 14.8. The Hall–Kier alpha value is -3.21. The van der Waals surface area contributed by atoms with Crippen LogP contribution in [0.1, 0.15) is 80.9 Å². The molecule has 0 aliphatic heterocycles. The van der Waals surface area contributed by atoms with Crippen molar-refractivity contribution < 1.29 is 35.5 Å². The third-order valence-corrected chi connectivity index (χ3v) is 7.13. The Morgan fingerprint density at radius 3 is 2.16 bits per heavy atom. The molecule has 1 saturated carbocycles. The normalized spacial score (nSPS) is 17.8. The maximum Gasteiger partial charge on any atom is 0.573 e. The molecule has 1 fully saturated rings. The van der Waals surface area contributed by atoms with Crippen LogP contribution < -0.4 is 4.74 Å². The molecule has 202 valence electrons. The fourth-order valence-corrected chi connectivity index (χ4v) is 5.15. The standard InChI is InChI=1S/C30H27F7O/c1-2-3-4-5-18-6-10-20(11-7-18)21-15-25(31)24(26(32)16-21)13-9-19-8-12-23-22(14-19)17-27(33)29(28(23)34)38-30(35,36)37/h8,12,14-18,20H,2-7,10-11H2,1H3/t18-,20-. The highest BCUT2D eigenvalue weighted by molar-refractivity contribution is 5.86. The highest BCUT2D eigenvalue weighted by Crippen LogP contribution is 2.39. The summed E-state index contributed by atoms with van der Waals surface area (Å²) in [6.45, 7) is 2.17. The Morgan fingerprint density at radius 2 is 1.53 bits per heavy atom. The first kappa shape index (κ1) is 27.8. The van der Waals surface area contributed by atoms with Crippen molar-refractivity contribution in [3.05, 3.63) is 76.4 Å². The molecule has 0 saturated heterocycles. The molecule has 8 heteroatoms. The molecule has 0 aromatic heterocycles. The number of halogens is 7. The molecule has 0 amide bonds. The van der Waals surface area contributed by atoms with Crippen LogP contribution in [0, 0.1) is 41.0 Å². The Labute approximate surface area is 217 Å². The predicted octanol–water partition coefficient (Wildman–Crippen LogP) is 9.55. The molecule has 0 spiro atoms. The van der Waals surface area contributed by atoms with Crippen LogP contribution in [0.5, 0.6) is 5.75 Å². The van der Waals surface area contributed by atoms with Gasteiger partial charge in [-0.05, 0) is 78.8 Å². The van der Waals surface area contributed by atoms with Gasteiger partial charge in [0.05, 0.1) is 5.56 Å². The lowest BCUT2D eigenvalue weighted by Crippen LogP contribution is -2.19. The summed E-state index contributed by atoms with van der Waals surface area (Å²) < 4.78 is 99.0. The number of alkyl halides is 3. The second kappa shape index (κ2) is 11.7. The van der Waals surface area contributed by atoms with E-state index in [9.17, 15) is 30.7 Å². The largest absolute Gasteiger partial charge is 0.573 e. The second-order valence-corrected chi connectivity index (χ2v) is 9.81. The first-order valence-corrected chi connectivity index (χ1v) is 12.7. The van der Waals surface area contributed by atoms with Gasteiger partial charge in [-0.25, -0.2) is 17.6 Å². The van der Waals surface area contributed by atoms with Crippen molar-refractivity contribution in [2.75, 3.05) is 0 Å². The molecular formula is C30H27F7O. The smallest absolute Gasteiger partial charge is 0.399 e. The lowest BCUT2D eigenvalue weighted by Gasteiger charge is -2.29. The van der Waals surface area contributed by atoms with Gasteiger partial charge in [0.15, 0.2) is 11.6 Å². The van der Waals surface area contributed by atoms with Crippen LogP contribution in [-0.2, 0) is 0 Å². The summed E-state index contributed by atoms with van der Waals surface area (Å²) in [5.74, 6) is -0.411. The second-order valence-electron chi connectivity index (χ2n) is 9.81. The molecule has 1 aliphatic carbocycles. The molecule has 3 aromatic carbocycles. The molecule has 3 aromatic rings. The zero-order valence-corrected chi connectivity index (χ0v) is 20.8. The number of rotatable bonds is 6. The molecule has 0 heterocycles. The predicted molar refractivity (Wildman–Crippen MR) is 132 cm³/mol. The zero-order chi connectivity index (χ0) is 27.4. The van der Waals surface area contributed by atoms with Crippen LogP contribution >= 0.6 is 0 Å². The number of benzene rings is 3. The summed E-state index contributed by atoms with van der Waals surface area (Å²) in [6, 6.07) is 6.90. The Morgan fingerprint density at radius 1 is 0.842 bits per heavy atom. The van der Waals surface area contributed by atoms with E-state index in [-0.39, 0.29) is 22.3 Å². The number of ether oxygens (including phenoxy) is 1. The van der Waals surface area contributed by atoms with Crippen molar-refractivity contribution in [2.45, 2.75) is 70.6 Å². The Balaban J connectivity index is 1.51. The average molecular weight is 537 g/mol. The molecule has 38 heavy (non-hydrogen) atoms. The summed E-state index contributed by atoms with van der Waals surface area (Å²) >= 11 is 0. The van der Waals surface area contributed by atoms with Gasteiger partial charge in [0.1, 0.15) is 11.6 Å². The van der Waals surface area contributed by atoms with Crippen molar-refractivity contribution in [1.82, 2.24) is 0 Å². The molecule has 0 N–H and O–H groups in total. The van der Waals surface area contributed by atoms with Gasteiger partial charge in [0.2, 0.25) is 5.75 Å². The van der Waals surface area contributed by atoms with Crippen LogP contribution in [0.25, 0.3) is 10.8 Å². The van der Waals surface area contributed by atoms with Gasteiger partial charge in [-0.3, -0.25) is 0 Å². The minimum absolute atomic E-state index is 0.0806. The van der Waals surface area contributed by atoms with E-state index < -0.39 is 40.9 Å². The summed E-state index contributed by atoms with van der Waals surface area (Å²) in [5, 5.41) is -0.402. The summed E-state index contributed by atoms with van der Waals surface area (Å²) in [5.41, 5.74) is 0.365. The lowest BCUT2D eigenvalue weighted by molar-refractivity contribution is -0.276. The number of hydrogen-bond donors (Lipinski definition) is 0. The van der Waals surface area contributed by atoms with E-state index in [2.05, 4.69) is 23.5 Å². The summed E-state index contributed by atoms with van der Waals surface area (Å²) in [6.07, 6.45) is 3.44. The first-order chi connectivity index (χ1) is 18.1. The van der Waals surface area contributed by atoms with Crippen molar-refractivity contribution in [2.24, 2.45) is 5.92 Å². The maximum absolute atomic E-state index is 14.8. The summed E-state index contributed by atoms with van der Waals surface area (Å²) in [7, 11) is 0. The Kier molecular flexibility index (Phi) is 8.54. The van der Waals surface area contributed by atoms with E-state index in [1.165, 1.54) is 49.9 Å². The van der Waals surface area contributed by atoms with E-state index in [1.54, 1.807) is 0 Å². The van der Waals surface area contributed by atoms with Gasteiger partial charge in [0.25, 0.3) is 0 Å². The van der Waals surface area contributed by atoms with Crippen LogP contribution in [0.4, 0.5) is 30.7 Å². The van der Waals surface area contributed by atoms with Crippen LogP contribution in [0.3, 0.4) is 0 Å². The van der Waals surface area contributed by atoms with E-state index in [0.717, 1.165) is 31.7 Å². The molecule has 1 nitrogen and oxygen atoms in total. The van der Waals surface area contributed by atoms with Gasteiger partial charge in [-0.15, -0.1) is 13.2 Å². The van der Waals surface area contributed by atoms with E-state index >= 15 is 0 Å². The number of unbranched alkanes of at least 4 members (excludes halogenated alkanes) is 2. The van der Waals surface area contributed by atoms with Crippen LogP contribution in [0.2, 0.25) is 0 Å². The minimum Gasteiger partial charge on any atom is -0.399 e. The first-order valence-electron chi connectivity index (χ1n) is 12.7. The zero-order valence-electron chi connectivity index (χ0n) is 20.8. The van der Waals surface area contributed by atoms with Crippen molar-refractivity contribution in [3.63, 3.8) is 0 Å². The van der Waals surface area contributed by atoms with E-state index in [0.29, 0.717) is 17.5 Å². The van der Waals surface area contributed by atoms with Crippen molar-refractivity contribution in [1.29, 1.82) is 0 Å². The molecule has 1 aliphatic rings. The van der Waals surface area contributed by atoms with Gasteiger partial charge < -0.3 is 4.74 Å². The van der Waals surface area contributed by atoms with Gasteiger partial charge in [0, 0.05) is 10.9 Å². The van der Waals surface area contributed by atoms with E-state index in [1.807, 2.05) is 0 Å². The van der Waals surface area contributed by atoms with E-state index in [4.69, 9.17) is 0 Å². The monoisotopic (exact) mass is 536 g/mol. The molecule has 0 atom stereocenters. The molecule has 0 radical (unpaired) electrons. The van der Waals surface area contributed by atoms with Gasteiger partial charge in [-0.2, -0.15) is 0 Å². The van der Waals surface area contributed by atoms with Crippen molar-refractivity contribution >= 4 is 10.8 Å². The number of hydrogen-bond acceptors (Lipinski definition) is 1. The highest BCUT2D eigenvalue weighted by Gasteiger charge is 2.34. The fraction of sp³-hybridized carbons (Fsp3) is 0.400. The SMILES string of the molecule is CCCCC[C@H]1CC[C@H](c2cc(F)c(C#Cc3ccc4c(F)c(OC(F)(F)F)c(F)cc4c3)c(F)c2)CC1. The van der Waals surface area contributed by atoms with Crippen LogP contribution in [-0.4, -0.2) is 6.36 Å². The lowest BCUT2D eigenvalue weighted by atomic mass is 9.77. The summed E-state index contributed by atoms with van der Waals surface area (Å²) in [4.78, 5) is 0. The average Bonchev–Trinajstić information content (AvgIpc) is 2.86. The molecule has 0 bridgehead atoms. The fourth-order valence-electron chi connectivity index (χ4n) is 5.15. The third kappa shape index (κ3) is 6.61. The van der Waals surface area contributed by atoms with Crippen LogP contribution in [0.15, 0.2) is 36.4 Å².